The van der Waals surface area contributed by atoms with Crippen LogP contribution in [0.1, 0.15) is 44.9 Å². The van der Waals surface area contributed by atoms with Gasteiger partial charge in [0, 0.05) is 12.5 Å². The number of carbonyl (C=O) groups excluding carboxylic acids is 1. The molecule has 2 fully saturated rings. The van der Waals surface area contributed by atoms with E-state index in [2.05, 4.69) is 5.32 Å². The minimum Gasteiger partial charge on any atom is -0.356 e. The van der Waals surface area contributed by atoms with Crippen molar-refractivity contribution in [2.45, 2.75) is 51.1 Å². The lowest BCUT2D eigenvalue weighted by Crippen LogP contribution is -2.39. The van der Waals surface area contributed by atoms with Crippen LogP contribution in [-0.2, 0) is 4.79 Å². The summed E-state index contributed by atoms with van der Waals surface area (Å²) in [5.41, 5.74) is 5.66. The van der Waals surface area contributed by atoms with Crippen LogP contribution in [0.25, 0.3) is 0 Å². The molecule has 0 spiro atoms. The van der Waals surface area contributed by atoms with Gasteiger partial charge in [-0.15, -0.1) is 12.4 Å². The van der Waals surface area contributed by atoms with Crippen molar-refractivity contribution in [3.63, 3.8) is 0 Å². The van der Waals surface area contributed by atoms with Crippen LogP contribution in [0.3, 0.4) is 0 Å². The molecule has 2 rings (SSSR count). The van der Waals surface area contributed by atoms with Gasteiger partial charge in [-0.05, 0) is 50.5 Å². The highest BCUT2D eigenvalue weighted by atomic mass is 35.5. The predicted molar refractivity (Wildman–Crippen MR) is 81.6 cm³/mol. The van der Waals surface area contributed by atoms with E-state index in [4.69, 9.17) is 5.73 Å². The Bertz CT molecular complexity index is 365. The fourth-order valence-corrected chi connectivity index (χ4v) is 3.81. The Balaban J connectivity index is 0.00000242. The summed E-state index contributed by atoms with van der Waals surface area (Å²) in [7, 11) is 0. The number of rotatable bonds is 4. The van der Waals surface area contributed by atoms with Gasteiger partial charge in [0.1, 0.15) is 0 Å². The van der Waals surface area contributed by atoms with Crippen LogP contribution in [0.4, 0.5) is 13.2 Å². The fraction of sp³-hybridized carbons (Fsp3) is 0.933. The lowest BCUT2D eigenvalue weighted by atomic mass is 9.81. The van der Waals surface area contributed by atoms with E-state index >= 15 is 0 Å². The second-order valence-corrected chi connectivity index (χ2v) is 6.55. The molecule has 2 aliphatic rings. The zero-order valence-corrected chi connectivity index (χ0v) is 13.5. The molecule has 0 bridgehead atoms. The average molecular weight is 343 g/mol. The second-order valence-electron chi connectivity index (χ2n) is 6.55. The molecule has 0 aromatic heterocycles. The zero-order valence-electron chi connectivity index (χ0n) is 12.7. The molecule has 2 saturated carbocycles. The fourth-order valence-electron chi connectivity index (χ4n) is 3.81. The molecule has 3 N–H and O–H groups in total. The quantitative estimate of drug-likeness (QED) is 0.823. The van der Waals surface area contributed by atoms with Crippen molar-refractivity contribution >= 4 is 18.3 Å². The highest BCUT2D eigenvalue weighted by Crippen LogP contribution is 2.39. The van der Waals surface area contributed by atoms with Gasteiger partial charge in [-0.25, -0.2) is 0 Å². The maximum atomic E-state index is 12.8. The molecule has 3 nitrogen and oxygen atoms in total. The molecule has 1 amide bonds. The largest absolute Gasteiger partial charge is 0.391 e. The van der Waals surface area contributed by atoms with Gasteiger partial charge in [0.15, 0.2) is 0 Å². The van der Waals surface area contributed by atoms with Gasteiger partial charge in [-0.3, -0.25) is 4.79 Å². The molecule has 0 aromatic rings. The first-order chi connectivity index (χ1) is 9.91. The summed E-state index contributed by atoms with van der Waals surface area (Å²) in [6, 6.07) is 0. The van der Waals surface area contributed by atoms with E-state index in [1.807, 2.05) is 0 Å². The Hall–Kier alpha value is -0.490. The van der Waals surface area contributed by atoms with Crippen molar-refractivity contribution in [2.24, 2.45) is 29.4 Å². The number of nitrogens with one attached hydrogen (secondary N) is 1. The predicted octanol–water partition coefficient (Wildman–Crippen LogP) is 3.27. The summed E-state index contributed by atoms with van der Waals surface area (Å²) in [5.74, 6) is -1.07. The van der Waals surface area contributed by atoms with Gasteiger partial charge in [-0.1, -0.05) is 12.8 Å². The van der Waals surface area contributed by atoms with Gasteiger partial charge in [-0.2, -0.15) is 13.2 Å². The number of nitrogens with two attached hydrogens (primary N) is 1. The maximum absolute atomic E-state index is 12.8. The lowest BCUT2D eigenvalue weighted by molar-refractivity contribution is -0.185. The summed E-state index contributed by atoms with van der Waals surface area (Å²) >= 11 is 0. The standard InChI is InChI=1S/C15H25F3N2O.ClH/c16-15(17,18)12-5-1-3-10(7-12)9-20-14(21)13-6-2-4-11(13)8-19;/h10-13H,1-9,19H2,(H,20,21);1H/t10?,11-,12?,13-;/m1./s1. The Morgan fingerprint density at radius 3 is 2.45 bits per heavy atom. The third-order valence-corrected chi connectivity index (χ3v) is 5.11. The van der Waals surface area contributed by atoms with Crippen molar-refractivity contribution in [1.82, 2.24) is 5.32 Å². The number of hydrogen-bond donors (Lipinski definition) is 2. The summed E-state index contributed by atoms with van der Waals surface area (Å²) in [6.45, 7) is 0.886. The zero-order chi connectivity index (χ0) is 15.5. The van der Waals surface area contributed by atoms with Gasteiger partial charge in [0.2, 0.25) is 5.91 Å². The summed E-state index contributed by atoms with van der Waals surface area (Å²) in [4.78, 5) is 12.1. The number of carbonyl (C=O) groups is 1. The first-order valence-corrected chi connectivity index (χ1v) is 7.96. The van der Waals surface area contributed by atoms with E-state index in [-0.39, 0.29) is 48.9 Å². The number of halogens is 4. The van der Waals surface area contributed by atoms with Gasteiger partial charge in [0.25, 0.3) is 0 Å². The van der Waals surface area contributed by atoms with Crippen LogP contribution in [0, 0.1) is 23.7 Å². The van der Waals surface area contributed by atoms with Gasteiger partial charge >= 0.3 is 6.18 Å². The molecule has 22 heavy (non-hydrogen) atoms. The van der Waals surface area contributed by atoms with Crippen LogP contribution < -0.4 is 11.1 Å². The SMILES string of the molecule is Cl.NC[C@H]1CCC[C@H]1C(=O)NCC1CCCC(C(F)(F)F)C1. The second kappa shape index (κ2) is 8.39. The molecule has 2 aliphatic carbocycles. The normalized spacial score (nSPS) is 32.4. The first-order valence-electron chi connectivity index (χ1n) is 7.96. The van der Waals surface area contributed by atoms with Crippen LogP contribution >= 0.6 is 12.4 Å². The molecule has 0 radical (unpaired) electrons. The van der Waals surface area contributed by atoms with E-state index in [1.54, 1.807) is 0 Å². The Morgan fingerprint density at radius 2 is 1.82 bits per heavy atom. The summed E-state index contributed by atoms with van der Waals surface area (Å²) in [5, 5.41) is 2.87. The Morgan fingerprint density at radius 1 is 1.14 bits per heavy atom. The van der Waals surface area contributed by atoms with E-state index < -0.39 is 12.1 Å². The Kier molecular flexibility index (Phi) is 7.46. The molecule has 4 atom stereocenters. The van der Waals surface area contributed by atoms with Crippen LogP contribution in [0.2, 0.25) is 0 Å². The molecule has 0 heterocycles. The van der Waals surface area contributed by atoms with Crippen molar-refractivity contribution in [3.8, 4) is 0 Å². The van der Waals surface area contributed by atoms with Crippen molar-refractivity contribution < 1.29 is 18.0 Å². The molecule has 2 unspecified atom stereocenters. The van der Waals surface area contributed by atoms with Crippen molar-refractivity contribution in [3.05, 3.63) is 0 Å². The van der Waals surface area contributed by atoms with E-state index in [1.165, 1.54) is 0 Å². The van der Waals surface area contributed by atoms with E-state index in [0.29, 0.717) is 19.5 Å². The van der Waals surface area contributed by atoms with Crippen molar-refractivity contribution in [1.29, 1.82) is 0 Å². The lowest BCUT2D eigenvalue weighted by Gasteiger charge is -2.31. The summed E-state index contributed by atoms with van der Waals surface area (Å²) < 4.78 is 38.3. The Labute approximate surface area is 136 Å². The monoisotopic (exact) mass is 342 g/mol. The van der Waals surface area contributed by atoms with Crippen LogP contribution in [0.5, 0.6) is 0 Å². The molecule has 130 valence electrons. The molecular weight excluding hydrogens is 317 g/mol. The first kappa shape index (κ1) is 19.6. The van der Waals surface area contributed by atoms with E-state index in [0.717, 1.165) is 25.7 Å². The molecular formula is C15H26ClF3N2O. The number of alkyl halides is 3. The smallest absolute Gasteiger partial charge is 0.356 e. The van der Waals surface area contributed by atoms with Gasteiger partial charge < -0.3 is 11.1 Å². The summed E-state index contributed by atoms with van der Waals surface area (Å²) in [6.07, 6.45) is 0.494. The minimum absolute atomic E-state index is 0. The topological polar surface area (TPSA) is 55.1 Å². The highest BCUT2D eigenvalue weighted by molar-refractivity contribution is 5.85. The molecule has 0 aliphatic heterocycles. The van der Waals surface area contributed by atoms with E-state index in [9.17, 15) is 18.0 Å². The van der Waals surface area contributed by atoms with Crippen molar-refractivity contribution in [2.75, 3.05) is 13.1 Å². The average Bonchev–Trinajstić information content (AvgIpc) is 2.92. The third kappa shape index (κ3) is 5.01. The molecule has 0 saturated heterocycles. The molecule has 0 aromatic carbocycles. The van der Waals surface area contributed by atoms with Crippen LogP contribution in [-0.4, -0.2) is 25.2 Å². The third-order valence-electron chi connectivity index (χ3n) is 5.11. The molecule has 7 heteroatoms. The number of amides is 1. The maximum Gasteiger partial charge on any atom is 0.391 e. The van der Waals surface area contributed by atoms with Gasteiger partial charge in [0.05, 0.1) is 5.92 Å². The van der Waals surface area contributed by atoms with Crippen LogP contribution in [0.15, 0.2) is 0 Å². The number of hydrogen-bond acceptors (Lipinski definition) is 2. The highest BCUT2D eigenvalue weighted by Gasteiger charge is 2.42. The minimum atomic E-state index is -4.10.